The van der Waals surface area contributed by atoms with Gasteiger partial charge in [-0.2, -0.15) is 0 Å². The Hall–Kier alpha value is -1.19. The molecule has 2 N–H and O–H groups in total. The fraction of sp³-hybridized carbons (Fsp3) is 0.526. The highest BCUT2D eigenvalue weighted by atomic mass is 35.5. The molecule has 128 valence electrons. The number of aromatic nitrogens is 1. The second-order valence-corrected chi connectivity index (χ2v) is 8.91. The zero-order valence-corrected chi connectivity index (χ0v) is 15.6. The molecular formula is C19H22Cl2N2O. The number of nitrogens with one attached hydrogen (secondary N) is 2. The molecule has 1 unspecified atom stereocenters. The number of H-pyrrole nitrogens is 1. The third-order valence-corrected chi connectivity index (χ3v) is 7.10. The second kappa shape index (κ2) is 5.40. The largest absolute Gasteiger partial charge is 0.350 e. The van der Waals surface area contributed by atoms with Gasteiger partial charge in [0.15, 0.2) is 0 Å². The maximum atomic E-state index is 12.7. The molecule has 3 fully saturated rings. The molecule has 1 aromatic heterocycles. The lowest BCUT2D eigenvalue weighted by Crippen LogP contribution is -2.60. The van der Waals surface area contributed by atoms with E-state index in [0.29, 0.717) is 33.0 Å². The van der Waals surface area contributed by atoms with Crippen molar-refractivity contribution in [3.63, 3.8) is 0 Å². The molecule has 5 rings (SSSR count). The van der Waals surface area contributed by atoms with Crippen LogP contribution in [0.4, 0.5) is 0 Å². The van der Waals surface area contributed by atoms with E-state index in [1.165, 1.54) is 6.42 Å². The predicted octanol–water partition coefficient (Wildman–Crippen LogP) is 5.28. The number of hydrogen-bond acceptors (Lipinski definition) is 1. The topological polar surface area (TPSA) is 44.9 Å². The normalized spacial score (nSPS) is 30.9. The quantitative estimate of drug-likeness (QED) is 0.748. The Labute approximate surface area is 152 Å². The number of amides is 1. The van der Waals surface area contributed by atoms with Crippen LogP contribution in [0.15, 0.2) is 18.2 Å². The van der Waals surface area contributed by atoms with Gasteiger partial charge in [-0.1, -0.05) is 44.0 Å². The Morgan fingerprint density at radius 3 is 2.67 bits per heavy atom. The summed E-state index contributed by atoms with van der Waals surface area (Å²) in [6.45, 7) is 7.00. The molecule has 2 bridgehead atoms. The number of carbonyl (C=O) groups is 1. The van der Waals surface area contributed by atoms with Crippen LogP contribution >= 0.6 is 23.2 Å². The van der Waals surface area contributed by atoms with Crippen molar-refractivity contribution in [2.75, 3.05) is 0 Å². The van der Waals surface area contributed by atoms with E-state index in [1.807, 2.05) is 6.07 Å². The summed E-state index contributed by atoms with van der Waals surface area (Å²) in [5, 5.41) is 5.18. The van der Waals surface area contributed by atoms with E-state index in [1.54, 1.807) is 12.1 Å². The van der Waals surface area contributed by atoms with E-state index in [0.717, 1.165) is 23.2 Å². The van der Waals surface area contributed by atoms with E-state index in [9.17, 15) is 4.79 Å². The first-order chi connectivity index (χ1) is 11.3. The second-order valence-electron chi connectivity index (χ2n) is 8.07. The van der Waals surface area contributed by atoms with Gasteiger partial charge in [0.2, 0.25) is 0 Å². The molecule has 0 radical (unpaired) electrons. The maximum absolute atomic E-state index is 12.7. The van der Waals surface area contributed by atoms with Gasteiger partial charge in [-0.25, -0.2) is 0 Å². The van der Waals surface area contributed by atoms with Crippen LogP contribution in [0.3, 0.4) is 0 Å². The van der Waals surface area contributed by atoms with Gasteiger partial charge in [0, 0.05) is 22.0 Å². The Balaban J connectivity index is 1.54. The highest BCUT2D eigenvalue weighted by Gasteiger charge is 2.56. The van der Waals surface area contributed by atoms with Crippen LogP contribution < -0.4 is 5.32 Å². The summed E-state index contributed by atoms with van der Waals surface area (Å²) in [6.07, 6.45) is 2.38. The summed E-state index contributed by atoms with van der Waals surface area (Å²) >= 11 is 12.2. The number of rotatable bonds is 2. The fourth-order valence-corrected chi connectivity index (χ4v) is 5.42. The Kier molecular flexibility index (Phi) is 3.67. The molecular weight excluding hydrogens is 343 g/mol. The van der Waals surface area contributed by atoms with E-state index in [2.05, 4.69) is 31.1 Å². The lowest BCUT2D eigenvalue weighted by atomic mass is 9.45. The van der Waals surface area contributed by atoms with Gasteiger partial charge in [-0.3, -0.25) is 4.79 Å². The van der Waals surface area contributed by atoms with Crippen LogP contribution in [0, 0.1) is 23.2 Å². The molecule has 0 saturated heterocycles. The van der Waals surface area contributed by atoms with Crippen molar-refractivity contribution < 1.29 is 4.79 Å². The van der Waals surface area contributed by atoms with Gasteiger partial charge in [-0.15, -0.1) is 0 Å². The summed E-state index contributed by atoms with van der Waals surface area (Å²) in [5.41, 5.74) is 1.75. The molecule has 1 heterocycles. The van der Waals surface area contributed by atoms with Crippen LogP contribution in [-0.4, -0.2) is 16.9 Å². The maximum Gasteiger partial charge on any atom is 0.267 e. The molecule has 0 aliphatic heterocycles. The van der Waals surface area contributed by atoms with Crippen molar-refractivity contribution in [3.05, 3.63) is 33.9 Å². The Bertz CT molecular complexity index is 826. The summed E-state index contributed by atoms with van der Waals surface area (Å²) in [4.78, 5) is 15.8. The average molecular weight is 365 g/mol. The number of carbonyl (C=O) groups excluding carboxylic acids is 1. The van der Waals surface area contributed by atoms with Crippen LogP contribution in [0.5, 0.6) is 0 Å². The average Bonchev–Trinajstić information content (AvgIpc) is 2.93. The lowest BCUT2D eigenvalue weighted by Gasteiger charge is -2.62. The Morgan fingerprint density at radius 2 is 2.00 bits per heavy atom. The molecule has 4 atom stereocenters. The zero-order valence-electron chi connectivity index (χ0n) is 14.1. The van der Waals surface area contributed by atoms with Crippen LogP contribution in [0.2, 0.25) is 10.0 Å². The first-order valence-electron chi connectivity index (χ1n) is 8.56. The predicted molar refractivity (Wildman–Crippen MR) is 98.7 cm³/mol. The molecule has 3 aliphatic carbocycles. The van der Waals surface area contributed by atoms with Crippen molar-refractivity contribution >= 4 is 40.0 Å². The van der Waals surface area contributed by atoms with Gasteiger partial charge in [0.1, 0.15) is 5.69 Å². The Morgan fingerprint density at radius 1 is 1.25 bits per heavy atom. The number of halogens is 2. The standard InChI is InChI=1S/C19H22Cl2N2O/c1-9-13-4-10(19(13,2)3)5-15(9)23-18(24)17-8-12-14(21)6-11(20)7-16(12)22-17/h6-10,13,15,22H,4-5H2,1-3H3,(H,23,24)/t9-,10+,13-,15?/m0/s1. The van der Waals surface area contributed by atoms with E-state index < -0.39 is 0 Å². The molecule has 1 amide bonds. The highest BCUT2D eigenvalue weighted by Crippen LogP contribution is 2.61. The minimum absolute atomic E-state index is 0.0608. The van der Waals surface area contributed by atoms with Crippen LogP contribution in [0.1, 0.15) is 44.1 Å². The molecule has 24 heavy (non-hydrogen) atoms. The number of fused-ring (bicyclic) bond motifs is 3. The molecule has 3 aliphatic rings. The van der Waals surface area contributed by atoms with Crippen molar-refractivity contribution in [3.8, 4) is 0 Å². The van der Waals surface area contributed by atoms with E-state index in [-0.39, 0.29) is 11.9 Å². The molecule has 3 saturated carbocycles. The van der Waals surface area contributed by atoms with Crippen LogP contribution in [-0.2, 0) is 0 Å². The van der Waals surface area contributed by atoms with Crippen LogP contribution in [0.25, 0.3) is 10.9 Å². The lowest BCUT2D eigenvalue weighted by molar-refractivity contribution is -0.113. The first kappa shape index (κ1) is 16.3. The van der Waals surface area contributed by atoms with E-state index in [4.69, 9.17) is 23.2 Å². The third-order valence-electron chi connectivity index (χ3n) is 6.57. The minimum Gasteiger partial charge on any atom is -0.350 e. The van der Waals surface area contributed by atoms with Gasteiger partial charge in [0.25, 0.3) is 5.91 Å². The number of aromatic amines is 1. The van der Waals surface area contributed by atoms with Crippen molar-refractivity contribution in [1.29, 1.82) is 0 Å². The summed E-state index contributed by atoms with van der Waals surface area (Å²) in [5.74, 6) is 1.88. The molecule has 1 aromatic carbocycles. The number of hydrogen-bond donors (Lipinski definition) is 2. The minimum atomic E-state index is -0.0608. The fourth-order valence-electron chi connectivity index (χ4n) is 4.87. The van der Waals surface area contributed by atoms with E-state index >= 15 is 0 Å². The zero-order chi connectivity index (χ0) is 17.2. The first-order valence-corrected chi connectivity index (χ1v) is 9.31. The van der Waals surface area contributed by atoms with Crippen molar-refractivity contribution in [1.82, 2.24) is 10.3 Å². The molecule has 2 aromatic rings. The van der Waals surface area contributed by atoms with Gasteiger partial charge in [0.05, 0.1) is 5.02 Å². The van der Waals surface area contributed by atoms with Gasteiger partial charge >= 0.3 is 0 Å². The SMILES string of the molecule is C[C@@H]1C(NC(=O)c2cc3c(Cl)cc(Cl)cc3[nH]2)C[C@H]2C[C@@H]1C2(C)C. The van der Waals surface area contributed by atoms with Crippen molar-refractivity contribution in [2.45, 2.75) is 39.7 Å². The van der Waals surface area contributed by atoms with Gasteiger partial charge < -0.3 is 10.3 Å². The monoisotopic (exact) mass is 364 g/mol. The third kappa shape index (κ3) is 2.36. The summed E-state index contributed by atoms with van der Waals surface area (Å²) in [6, 6.07) is 5.54. The molecule has 3 nitrogen and oxygen atoms in total. The molecule has 5 heteroatoms. The smallest absolute Gasteiger partial charge is 0.267 e. The highest BCUT2D eigenvalue weighted by molar-refractivity contribution is 6.38. The van der Waals surface area contributed by atoms with Crippen molar-refractivity contribution in [2.24, 2.45) is 23.2 Å². The molecule has 0 spiro atoms. The summed E-state index contributed by atoms with van der Waals surface area (Å²) < 4.78 is 0. The van der Waals surface area contributed by atoms with Gasteiger partial charge in [-0.05, 0) is 54.2 Å². The summed E-state index contributed by atoms with van der Waals surface area (Å²) in [7, 11) is 0. The number of benzene rings is 1.